The van der Waals surface area contributed by atoms with Gasteiger partial charge in [0.05, 0.1) is 24.1 Å². The van der Waals surface area contributed by atoms with Gasteiger partial charge in [-0.3, -0.25) is 4.79 Å². The molecule has 0 fully saturated rings. The minimum Gasteiger partial charge on any atom is -0.493 e. The van der Waals surface area contributed by atoms with Gasteiger partial charge in [0, 0.05) is 18.1 Å². The van der Waals surface area contributed by atoms with Crippen LogP contribution in [0.3, 0.4) is 0 Å². The lowest BCUT2D eigenvalue weighted by molar-refractivity contribution is -0.274. The lowest BCUT2D eigenvalue weighted by atomic mass is 10.0. The van der Waals surface area contributed by atoms with E-state index >= 15 is 0 Å². The predicted octanol–water partition coefficient (Wildman–Crippen LogP) is 7.02. The summed E-state index contributed by atoms with van der Waals surface area (Å²) in [5, 5.41) is 15.9. The Morgan fingerprint density at radius 2 is 1.50 bits per heavy atom. The molecular weight excluding hydrogens is 553 g/mol. The number of ether oxygens (including phenoxy) is 2. The maximum Gasteiger partial charge on any atom is 0.573 e. The number of carbonyl (C=O) groups is 2. The Labute approximate surface area is 239 Å². The van der Waals surface area contributed by atoms with Crippen molar-refractivity contribution in [3.8, 4) is 22.6 Å². The Morgan fingerprint density at radius 1 is 0.833 bits per heavy atom. The van der Waals surface area contributed by atoms with E-state index < -0.39 is 24.0 Å². The topological polar surface area (TPSA) is 106 Å². The summed E-state index contributed by atoms with van der Waals surface area (Å²) in [6.07, 6.45) is -2.79. The van der Waals surface area contributed by atoms with Crippen LogP contribution >= 0.6 is 0 Å². The lowest BCUT2D eigenvalue weighted by Gasteiger charge is -2.12. The number of halogens is 3. The number of hydrogen-bond donors (Lipinski definition) is 2. The van der Waals surface area contributed by atoms with E-state index in [0.29, 0.717) is 12.2 Å². The first-order chi connectivity index (χ1) is 20.2. The second-order valence-corrected chi connectivity index (χ2v) is 8.80. The summed E-state index contributed by atoms with van der Waals surface area (Å²) in [6, 6.07) is 26.2. The highest BCUT2D eigenvalue weighted by atomic mass is 19.4. The summed E-state index contributed by atoms with van der Waals surface area (Å²) in [7, 11) is 0. The van der Waals surface area contributed by atoms with Crippen LogP contribution in [0.25, 0.3) is 11.1 Å². The lowest BCUT2D eigenvalue weighted by Crippen LogP contribution is -2.17. The second-order valence-electron chi connectivity index (χ2n) is 8.80. The van der Waals surface area contributed by atoms with Crippen molar-refractivity contribution in [3.63, 3.8) is 0 Å². The van der Waals surface area contributed by atoms with Crippen molar-refractivity contribution in [3.05, 3.63) is 114 Å². The van der Waals surface area contributed by atoms with Crippen molar-refractivity contribution in [1.82, 2.24) is 0 Å². The number of amides is 1. The Kier molecular flexibility index (Phi) is 9.77. The zero-order valence-corrected chi connectivity index (χ0v) is 22.0. The fourth-order valence-corrected chi connectivity index (χ4v) is 3.76. The minimum atomic E-state index is -4.87. The van der Waals surface area contributed by atoms with Crippen LogP contribution in [0.4, 0.5) is 18.9 Å². The van der Waals surface area contributed by atoms with Crippen LogP contribution in [0.5, 0.6) is 11.5 Å². The third-order valence-electron chi connectivity index (χ3n) is 5.76. The van der Waals surface area contributed by atoms with E-state index in [4.69, 9.17) is 9.57 Å². The molecule has 0 atom stereocenters. The van der Waals surface area contributed by atoms with E-state index in [1.54, 1.807) is 6.21 Å². The Morgan fingerprint density at radius 3 is 2.17 bits per heavy atom. The minimum absolute atomic E-state index is 0.00275. The highest BCUT2D eigenvalue weighted by molar-refractivity contribution is 6.08. The Bertz CT molecular complexity index is 1520. The molecule has 0 heterocycles. The number of benzene rings is 4. The molecule has 0 aliphatic carbocycles. The quantitative estimate of drug-likeness (QED) is 0.106. The average Bonchev–Trinajstić information content (AvgIpc) is 2.97. The molecule has 4 rings (SSSR count). The van der Waals surface area contributed by atoms with E-state index in [2.05, 4.69) is 15.2 Å². The normalized spacial score (nSPS) is 11.2. The third-order valence-corrected chi connectivity index (χ3v) is 5.76. The molecular formula is C31H25F3N2O6. The summed E-state index contributed by atoms with van der Waals surface area (Å²) in [5.41, 5.74) is 2.86. The summed E-state index contributed by atoms with van der Waals surface area (Å²) in [6.45, 7) is 0.491. The van der Waals surface area contributed by atoms with Gasteiger partial charge in [-0.15, -0.1) is 13.2 Å². The Hall–Kier alpha value is -5.32. The van der Waals surface area contributed by atoms with Crippen LogP contribution in [0.15, 0.2) is 102 Å². The highest BCUT2D eigenvalue weighted by Gasteiger charge is 2.31. The molecule has 0 spiro atoms. The number of aromatic carboxylic acids is 1. The van der Waals surface area contributed by atoms with Crippen molar-refractivity contribution >= 4 is 23.8 Å². The number of alkyl halides is 3. The molecule has 2 N–H and O–H groups in total. The van der Waals surface area contributed by atoms with Crippen molar-refractivity contribution in [2.45, 2.75) is 12.8 Å². The van der Waals surface area contributed by atoms with E-state index in [0.717, 1.165) is 41.0 Å². The fraction of sp³-hybridized carbons (Fsp3) is 0.129. The second kappa shape index (κ2) is 13.8. The average molecular weight is 579 g/mol. The third kappa shape index (κ3) is 8.85. The molecule has 0 aliphatic rings. The smallest absolute Gasteiger partial charge is 0.493 e. The van der Waals surface area contributed by atoms with Gasteiger partial charge in [0.25, 0.3) is 5.91 Å². The number of carboxylic acid groups (broad SMARTS) is 1. The molecule has 0 aromatic heterocycles. The Balaban J connectivity index is 1.25. The molecule has 0 radical (unpaired) electrons. The number of carbonyl (C=O) groups excluding carboxylic acids is 1. The van der Waals surface area contributed by atoms with E-state index in [-0.39, 0.29) is 30.0 Å². The number of hydrogen-bond acceptors (Lipinski definition) is 6. The van der Waals surface area contributed by atoms with Crippen molar-refractivity contribution < 1.29 is 42.2 Å². The van der Waals surface area contributed by atoms with Crippen LogP contribution in [-0.2, 0) is 4.84 Å². The summed E-state index contributed by atoms with van der Waals surface area (Å²) in [4.78, 5) is 29.5. The van der Waals surface area contributed by atoms with E-state index in [1.807, 2.05) is 54.6 Å². The SMILES string of the molecule is O=C(Nc1cc(OCCCO/N=C\c2ccc(-c3ccccc3)cc2)ccc1C(=O)O)c1ccc(OC(F)(F)F)cc1. The molecule has 0 saturated heterocycles. The number of rotatable bonds is 12. The highest BCUT2D eigenvalue weighted by Crippen LogP contribution is 2.26. The van der Waals surface area contributed by atoms with Crippen molar-refractivity contribution in [1.29, 1.82) is 0 Å². The molecule has 0 saturated carbocycles. The van der Waals surface area contributed by atoms with Gasteiger partial charge in [-0.05, 0) is 53.1 Å². The molecule has 0 aliphatic heterocycles. The van der Waals surface area contributed by atoms with Gasteiger partial charge in [0.1, 0.15) is 18.1 Å². The van der Waals surface area contributed by atoms with Gasteiger partial charge in [-0.1, -0.05) is 59.8 Å². The first-order valence-corrected chi connectivity index (χ1v) is 12.7. The summed E-state index contributed by atoms with van der Waals surface area (Å²) in [5.74, 6) is -2.21. The molecule has 0 unspecified atom stereocenters. The van der Waals surface area contributed by atoms with Gasteiger partial charge in [0.15, 0.2) is 0 Å². The molecule has 8 nitrogen and oxygen atoms in total. The number of nitrogens with zero attached hydrogens (tertiary/aromatic N) is 1. The molecule has 216 valence electrons. The van der Waals surface area contributed by atoms with Crippen molar-refractivity contribution in [2.75, 3.05) is 18.5 Å². The number of nitrogens with one attached hydrogen (secondary N) is 1. The van der Waals surface area contributed by atoms with Gasteiger partial charge in [-0.25, -0.2) is 4.79 Å². The molecule has 4 aromatic rings. The zero-order valence-electron chi connectivity index (χ0n) is 22.0. The molecule has 1 amide bonds. The number of carboxylic acids is 1. The summed E-state index contributed by atoms with van der Waals surface area (Å²) >= 11 is 0. The fourth-order valence-electron chi connectivity index (χ4n) is 3.76. The summed E-state index contributed by atoms with van der Waals surface area (Å²) < 4.78 is 46.5. The van der Waals surface area contributed by atoms with E-state index in [9.17, 15) is 27.9 Å². The van der Waals surface area contributed by atoms with Crippen LogP contribution in [0.2, 0.25) is 0 Å². The molecule has 11 heteroatoms. The van der Waals surface area contributed by atoms with Gasteiger partial charge in [-0.2, -0.15) is 0 Å². The van der Waals surface area contributed by atoms with Gasteiger partial charge in [0.2, 0.25) is 0 Å². The predicted molar refractivity (Wildman–Crippen MR) is 150 cm³/mol. The van der Waals surface area contributed by atoms with Crippen LogP contribution in [0, 0.1) is 0 Å². The first kappa shape index (κ1) is 29.7. The van der Waals surface area contributed by atoms with Crippen LogP contribution in [-0.4, -0.2) is 42.8 Å². The number of oxime groups is 1. The largest absolute Gasteiger partial charge is 0.573 e. The molecule has 4 aromatic carbocycles. The van der Waals surface area contributed by atoms with Gasteiger partial charge < -0.3 is 24.7 Å². The number of anilines is 1. The molecule has 0 bridgehead atoms. The maximum atomic E-state index is 12.6. The van der Waals surface area contributed by atoms with Crippen LogP contribution < -0.4 is 14.8 Å². The van der Waals surface area contributed by atoms with Crippen molar-refractivity contribution in [2.24, 2.45) is 5.16 Å². The zero-order chi connectivity index (χ0) is 30.0. The monoisotopic (exact) mass is 578 g/mol. The van der Waals surface area contributed by atoms with E-state index in [1.165, 1.54) is 18.2 Å². The first-order valence-electron chi connectivity index (χ1n) is 12.7. The maximum absolute atomic E-state index is 12.6. The molecule has 42 heavy (non-hydrogen) atoms. The van der Waals surface area contributed by atoms with Crippen LogP contribution in [0.1, 0.15) is 32.7 Å². The standard InChI is InChI=1S/C31H25F3N2O6/c32-31(33,34)42-25-13-11-24(12-14-25)29(37)36-28-19-26(15-16-27(28)30(38)39)40-17-4-18-41-35-20-21-7-9-23(10-8-21)22-5-2-1-3-6-22/h1-3,5-16,19-20H,4,17-18H2,(H,36,37)(H,38,39)/b35-20-. The van der Waals surface area contributed by atoms with Gasteiger partial charge >= 0.3 is 12.3 Å².